The molecular weight excluding hydrogens is 532 g/mol. The average molecular weight is 570 g/mol. The predicted molar refractivity (Wildman–Crippen MR) is 157 cm³/mol. The maximum absolute atomic E-state index is 14.2. The van der Waals surface area contributed by atoms with Gasteiger partial charge in [0.05, 0.1) is 29.9 Å². The maximum Gasteiger partial charge on any atom is 0.321 e. The number of aryl methyl sites for hydroxylation is 1. The zero-order valence-electron chi connectivity index (χ0n) is 22.7. The predicted octanol–water partition coefficient (Wildman–Crippen LogP) is 3.71. The Morgan fingerprint density at radius 3 is 2.46 bits per heavy atom. The molecule has 0 aliphatic carbocycles. The number of hydrogen-bond donors (Lipinski definition) is 2. The van der Waals surface area contributed by atoms with E-state index in [1.165, 1.54) is 6.26 Å². The van der Waals surface area contributed by atoms with Crippen molar-refractivity contribution in [2.24, 2.45) is 0 Å². The van der Waals surface area contributed by atoms with Gasteiger partial charge in [0.2, 0.25) is 0 Å². The van der Waals surface area contributed by atoms with Crippen LogP contribution in [0.2, 0.25) is 0 Å². The first-order valence-corrected chi connectivity index (χ1v) is 15.9. The molecular formula is C29H37N4O4S2+. The minimum atomic E-state index is -3.80. The fourth-order valence-corrected chi connectivity index (χ4v) is 8.02. The molecule has 1 aromatic heterocycles. The summed E-state index contributed by atoms with van der Waals surface area (Å²) in [5, 5.41) is 4.31. The number of rotatable bonds is 9. The van der Waals surface area contributed by atoms with Crippen LogP contribution in [-0.2, 0) is 31.6 Å². The highest BCUT2D eigenvalue weighted by atomic mass is 32.2. The smallest absolute Gasteiger partial charge is 0.321 e. The number of sulfonamides is 1. The van der Waals surface area contributed by atoms with Gasteiger partial charge in [-0.2, -0.15) is 13.8 Å². The Bertz CT molecular complexity index is 1420. The lowest BCUT2D eigenvalue weighted by Crippen LogP contribution is -2.68. The fraction of sp³-hybridized carbons (Fsp3) is 0.414. The average Bonchev–Trinajstić information content (AvgIpc) is 3.47. The minimum Gasteiger partial charge on any atom is -0.374 e. The van der Waals surface area contributed by atoms with Crippen LogP contribution in [0, 0.1) is 6.92 Å². The number of piperidine rings is 1. The number of fused-ring (bicyclic) bond motifs is 2. The molecule has 0 saturated carbocycles. The van der Waals surface area contributed by atoms with Crippen LogP contribution >= 0.6 is 11.3 Å². The van der Waals surface area contributed by atoms with Crippen LogP contribution in [-0.4, -0.2) is 59.9 Å². The van der Waals surface area contributed by atoms with Crippen LogP contribution in [0.4, 0.5) is 10.7 Å². The second-order valence-electron chi connectivity index (χ2n) is 10.7. The summed E-state index contributed by atoms with van der Waals surface area (Å²) in [6.45, 7) is 4.37. The molecule has 1 fully saturated rings. The van der Waals surface area contributed by atoms with Gasteiger partial charge in [0.25, 0.3) is 5.91 Å². The monoisotopic (exact) mass is 569 g/mol. The molecule has 5 rings (SSSR count). The summed E-state index contributed by atoms with van der Waals surface area (Å²) in [6, 6.07) is 20.7. The first kappa shape index (κ1) is 27.8. The van der Waals surface area contributed by atoms with Crippen LogP contribution in [0.3, 0.4) is 0 Å². The molecule has 2 N–H and O–H groups in total. The zero-order chi connectivity index (χ0) is 27.7. The van der Waals surface area contributed by atoms with Crippen molar-refractivity contribution in [3.63, 3.8) is 0 Å². The van der Waals surface area contributed by atoms with E-state index < -0.39 is 20.1 Å². The van der Waals surface area contributed by atoms with Crippen LogP contribution in [0.5, 0.6) is 0 Å². The second-order valence-corrected chi connectivity index (χ2v) is 14.0. The van der Waals surface area contributed by atoms with Gasteiger partial charge in [0, 0.05) is 23.6 Å². The highest BCUT2D eigenvalue weighted by molar-refractivity contribution is 7.90. The number of anilines is 1. The Morgan fingerprint density at radius 1 is 1.10 bits per heavy atom. The highest BCUT2D eigenvalue weighted by Gasteiger charge is 2.60. The first-order chi connectivity index (χ1) is 18.7. The number of carbonyl (C=O) groups is 1. The second kappa shape index (κ2) is 11.0. The molecule has 2 aromatic carbocycles. The Hall–Kier alpha value is -2.76. The van der Waals surface area contributed by atoms with E-state index in [2.05, 4.69) is 10.7 Å². The van der Waals surface area contributed by atoms with Gasteiger partial charge < -0.3 is 15.0 Å². The molecule has 10 heteroatoms. The molecule has 208 valence electrons. The molecule has 2 unspecified atom stereocenters. The van der Waals surface area contributed by atoms with Gasteiger partial charge >= 0.3 is 10.0 Å². The summed E-state index contributed by atoms with van der Waals surface area (Å²) in [4.78, 5) is 17.2. The third-order valence-corrected chi connectivity index (χ3v) is 10.7. The molecule has 2 aliphatic rings. The van der Waals surface area contributed by atoms with E-state index in [9.17, 15) is 13.2 Å². The molecule has 0 bridgehead atoms. The Morgan fingerprint density at radius 2 is 1.79 bits per heavy atom. The van der Waals surface area contributed by atoms with Crippen molar-refractivity contribution >= 4 is 38.0 Å². The van der Waals surface area contributed by atoms with Gasteiger partial charge in [0.15, 0.2) is 5.69 Å². The number of carbonyl (C=O) groups excluding carboxylic acids is 1. The zero-order valence-corrected chi connectivity index (χ0v) is 24.4. The number of nitrogens with one attached hydrogen (secondary N) is 2. The van der Waals surface area contributed by atoms with Crippen molar-refractivity contribution in [3.05, 3.63) is 82.7 Å². The number of para-hydroxylation sites is 1. The van der Waals surface area contributed by atoms with E-state index in [1.54, 1.807) is 11.3 Å². The molecule has 0 radical (unpaired) electrons. The molecule has 8 nitrogen and oxygen atoms in total. The highest BCUT2D eigenvalue weighted by Crippen LogP contribution is 2.50. The third kappa shape index (κ3) is 5.36. The Kier molecular flexibility index (Phi) is 7.85. The van der Waals surface area contributed by atoms with E-state index in [4.69, 9.17) is 4.74 Å². The third-order valence-electron chi connectivity index (χ3n) is 8.04. The summed E-state index contributed by atoms with van der Waals surface area (Å²) >= 11 is 1.59. The largest absolute Gasteiger partial charge is 0.374 e. The lowest BCUT2D eigenvalue weighted by atomic mass is 9.75. The number of likely N-dealkylation sites (N-methyl/N-ethyl adjacent to an activating group) is 1. The standard InChI is InChI=1S/C29H36N4O4S2/c1-22-13-14-27(38-22)32(2)25(20-37-19-23-9-5-4-6-10-23)28(34)31-33(39(3,35)36)21-29(15-17-30-18-16-29)24-11-7-8-12-26(24)33/h4-14,25,30H,15-21H2,1-3H3/p+1. The lowest BCUT2D eigenvalue weighted by Gasteiger charge is -2.37. The van der Waals surface area contributed by atoms with E-state index in [-0.39, 0.29) is 24.5 Å². The van der Waals surface area contributed by atoms with E-state index in [1.807, 2.05) is 85.6 Å². The number of benzene rings is 2. The molecule has 1 amide bonds. The molecule has 1 spiro atoms. The van der Waals surface area contributed by atoms with Crippen molar-refractivity contribution in [1.29, 1.82) is 0 Å². The molecule has 3 aromatic rings. The Balaban J connectivity index is 1.48. The van der Waals surface area contributed by atoms with Crippen LogP contribution in [0.1, 0.15) is 28.8 Å². The summed E-state index contributed by atoms with van der Waals surface area (Å²) < 4.78 is 32.8. The summed E-state index contributed by atoms with van der Waals surface area (Å²) in [5.74, 6) is -0.386. The van der Waals surface area contributed by atoms with Gasteiger partial charge in [-0.25, -0.2) is 0 Å². The fourth-order valence-electron chi connectivity index (χ4n) is 5.89. The van der Waals surface area contributed by atoms with Crippen molar-refractivity contribution < 1.29 is 17.9 Å². The van der Waals surface area contributed by atoms with Crippen molar-refractivity contribution in [2.75, 3.05) is 44.4 Å². The maximum atomic E-state index is 14.2. The van der Waals surface area contributed by atoms with Crippen LogP contribution in [0.25, 0.3) is 0 Å². The number of quaternary nitrogens is 1. The first-order valence-electron chi connectivity index (χ1n) is 13.3. The summed E-state index contributed by atoms with van der Waals surface area (Å²) in [5.41, 5.74) is 5.36. The van der Waals surface area contributed by atoms with Gasteiger partial charge in [-0.3, -0.25) is 4.79 Å². The van der Waals surface area contributed by atoms with Gasteiger partial charge in [-0.15, -0.1) is 11.3 Å². The normalized spacial score (nSPS) is 20.9. The van der Waals surface area contributed by atoms with Crippen molar-refractivity contribution in [3.8, 4) is 0 Å². The number of nitrogens with zero attached hydrogens (tertiary/aromatic N) is 2. The molecule has 39 heavy (non-hydrogen) atoms. The number of hydrogen-bond acceptors (Lipinski definition) is 7. The Labute approximate surface area is 235 Å². The van der Waals surface area contributed by atoms with E-state index >= 15 is 0 Å². The summed E-state index contributed by atoms with van der Waals surface area (Å²) in [6.07, 6.45) is 2.85. The topological polar surface area (TPSA) is 87.7 Å². The molecule has 3 heterocycles. The van der Waals surface area contributed by atoms with Gasteiger partial charge in [-0.1, -0.05) is 52.5 Å². The van der Waals surface area contributed by atoms with Crippen molar-refractivity contribution in [1.82, 2.24) is 14.7 Å². The number of ether oxygens (including phenoxy) is 1. The van der Waals surface area contributed by atoms with Crippen molar-refractivity contribution in [2.45, 2.75) is 37.8 Å². The van der Waals surface area contributed by atoms with E-state index in [0.29, 0.717) is 12.3 Å². The summed E-state index contributed by atoms with van der Waals surface area (Å²) in [7, 11) is -1.94. The lowest BCUT2D eigenvalue weighted by molar-refractivity contribution is -0.126. The van der Waals surface area contributed by atoms with Crippen LogP contribution in [0.15, 0.2) is 66.7 Å². The SMILES string of the molecule is Cc1ccc(N(C)C(COCc2ccccc2)C(=O)N[N+]2(S(C)(=O)=O)CC3(CCNCC3)c3ccccc32)s1. The quantitative estimate of drug-likeness (QED) is 0.382. The number of amides is 1. The minimum absolute atomic E-state index is 0.106. The van der Waals surface area contributed by atoms with Gasteiger partial charge in [0.1, 0.15) is 12.6 Å². The van der Waals surface area contributed by atoms with E-state index in [0.717, 1.165) is 46.9 Å². The number of thiophene rings is 1. The molecule has 2 atom stereocenters. The molecule has 1 saturated heterocycles. The molecule has 2 aliphatic heterocycles. The van der Waals surface area contributed by atoms with Gasteiger partial charge in [-0.05, 0) is 50.6 Å². The van der Waals surface area contributed by atoms with Crippen LogP contribution < -0.4 is 19.6 Å².